The van der Waals surface area contributed by atoms with E-state index in [2.05, 4.69) is 40.5 Å². The first-order chi connectivity index (χ1) is 12.7. The molecule has 4 rings (SSSR count). The summed E-state index contributed by atoms with van der Waals surface area (Å²) < 4.78 is 5.99. The predicted octanol–water partition coefficient (Wildman–Crippen LogP) is 4.26. The summed E-state index contributed by atoms with van der Waals surface area (Å²) in [6.07, 6.45) is 1.06. The number of halogens is 1. The third-order valence-corrected chi connectivity index (χ3v) is 5.55. The van der Waals surface area contributed by atoms with Gasteiger partial charge in [0.25, 0.3) is 0 Å². The maximum Gasteiger partial charge on any atom is 0.120 e. The smallest absolute Gasteiger partial charge is 0.120 e. The van der Waals surface area contributed by atoms with Crippen molar-refractivity contribution in [3.8, 4) is 5.75 Å². The zero-order valence-corrected chi connectivity index (χ0v) is 15.7. The van der Waals surface area contributed by atoms with Crippen molar-refractivity contribution in [2.45, 2.75) is 26.0 Å². The second kappa shape index (κ2) is 7.68. The molecule has 2 atom stereocenters. The summed E-state index contributed by atoms with van der Waals surface area (Å²) in [7, 11) is 0. The molecule has 2 heterocycles. The van der Waals surface area contributed by atoms with Gasteiger partial charge in [-0.25, -0.2) is 0 Å². The van der Waals surface area contributed by atoms with E-state index in [9.17, 15) is 0 Å². The van der Waals surface area contributed by atoms with Crippen LogP contribution in [0, 0.1) is 5.92 Å². The molecule has 1 fully saturated rings. The van der Waals surface area contributed by atoms with Crippen molar-refractivity contribution in [2.75, 3.05) is 19.6 Å². The van der Waals surface area contributed by atoms with Crippen LogP contribution in [0.2, 0.25) is 5.02 Å². The van der Waals surface area contributed by atoms with Gasteiger partial charge in [-0.2, -0.15) is 5.10 Å². The third-order valence-electron chi connectivity index (χ3n) is 5.30. The molecule has 0 aliphatic carbocycles. The van der Waals surface area contributed by atoms with E-state index in [4.69, 9.17) is 16.3 Å². The molecule has 0 aromatic heterocycles. The van der Waals surface area contributed by atoms with Crippen LogP contribution in [0.4, 0.5) is 0 Å². The van der Waals surface area contributed by atoms with Gasteiger partial charge in [0.05, 0.1) is 6.04 Å². The number of hydrogen-bond acceptors (Lipinski definition) is 4. The van der Waals surface area contributed by atoms with Gasteiger partial charge in [0.1, 0.15) is 12.4 Å². The summed E-state index contributed by atoms with van der Waals surface area (Å²) in [4.78, 5) is 2.50. The molecule has 4 nitrogen and oxygen atoms in total. The van der Waals surface area contributed by atoms with Gasteiger partial charge in [-0.15, -0.1) is 0 Å². The van der Waals surface area contributed by atoms with Crippen molar-refractivity contribution >= 4 is 17.3 Å². The molecule has 26 heavy (non-hydrogen) atoms. The normalized spacial score (nSPS) is 22.5. The van der Waals surface area contributed by atoms with E-state index in [0.717, 1.165) is 42.4 Å². The van der Waals surface area contributed by atoms with E-state index in [0.29, 0.717) is 12.5 Å². The first kappa shape index (κ1) is 17.4. The molecule has 2 aromatic carbocycles. The van der Waals surface area contributed by atoms with Gasteiger partial charge < -0.3 is 15.1 Å². The fourth-order valence-corrected chi connectivity index (χ4v) is 3.88. The molecule has 0 bridgehead atoms. The van der Waals surface area contributed by atoms with Crippen molar-refractivity contribution < 1.29 is 4.74 Å². The van der Waals surface area contributed by atoms with Crippen LogP contribution < -0.4 is 10.2 Å². The standard InChI is InChI=1S/C21H24ClN3O/c1-2-25-11-10-20-19(13-25)21(24-23-20)16-4-3-5-18(12-16)26-14-15-6-8-17(22)9-7-15/h3-9,12,19,21,24H,2,10-11,13-14H2,1H3. The largest absolute Gasteiger partial charge is 0.489 e. The Balaban J connectivity index is 1.45. The third kappa shape index (κ3) is 3.71. The minimum atomic E-state index is 0.235. The van der Waals surface area contributed by atoms with Crippen molar-refractivity contribution in [2.24, 2.45) is 11.0 Å². The molecule has 0 spiro atoms. The van der Waals surface area contributed by atoms with E-state index in [-0.39, 0.29) is 6.04 Å². The predicted molar refractivity (Wildman–Crippen MR) is 106 cm³/mol. The first-order valence-electron chi connectivity index (χ1n) is 9.24. The number of nitrogens with zero attached hydrogens (tertiary/aromatic N) is 2. The Labute approximate surface area is 159 Å². The van der Waals surface area contributed by atoms with E-state index in [1.807, 2.05) is 30.3 Å². The Hall–Kier alpha value is -2.04. The van der Waals surface area contributed by atoms with E-state index in [1.165, 1.54) is 11.3 Å². The van der Waals surface area contributed by atoms with Crippen molar-refractivity contribution in [3.63, 3.8) is 0 Å². The second-order valence-electron chi connectivity index (χ2n) is 6.95. The molecule has 136 valence electrons. The average molecular weight is 370 g/mol. The molecule has 0 amide bonds. The maximum absolute atomic E-state index is 5.99. The van der Waals surface area contributed by atoms with Crippen LogP contribution in [-0.2, 0) is 6.61 Å². The number of benzene rings is 2. The van der Waals surface area contributed by atoms with Crippen LogP contribution in [-0.4, -0.2) is 30.2 Å². The number of piperidine rings is 1. The molecular formula is C21H24ClN3O. The fourth-order valence-electron chi connectivity index (χ4n) is 3.75. The van der Waals surface area contributed by atoms with Crippen molar-refractivity contribution in [3.05, 3.63) is 64.7 Å². The van der Waals surface area contributed by atoms with Crippen LogP contribution in [0.5, 0.6) is 5.75 Å². The summed E-state index contributed by atoms with van der Waals surface area (Å²) in [5, 5.41) is 5.35. The van der Waals surface area contributed by atoms with E-state index < -0.39 is 0 Å². The lowest BCUT2D eigenvalue weighted by Crippen LogP contribution is -2.41. The number of fused-ring (bicyclic) bond motifs is 1. The zero-order chi connectivity index (χ0) is 17.9. The number of nitrogens with one attached hydrogen (secondary N) is 1. The lowest BCUT2D eigenvalue weighted by Gasteiger charge is -2.32. The van der Waals surface area contributed by atoms with Gasteiger partial charge in [0, 0.05) is 36.2 Å². The molecule has 1 N–H and O–H groups in total. The summed E-state index contributed by atoms with van der Waals surface area (Å²) in [6.45, 7) is 6.05. The van der Waals surface area contributed by atoms with Crippen LogP contribution in [0.15, 0.2) is 53.6 Å². The lowest BCUT2D eigenvalue weighted by atomic mass is 9.86. The summed E-state index contributed by atoms with van der Waals surface area (Å²) >= 11 is 5.94. The van der Waals surface area contributed by atoms with Crippen LogP contribution >= 0.6 is 11.6 Å². The van der Waals surface area contributed by atoms with Crippen LogP contribution in [0.3, 0.4) is 0 Å². The zero-order valence-electron chi connectivity index (χ0n) is 15.0. The first-order valence-corrected chi connectivity index (χ1v) is 9.62. The van der Waals surface area contributed by atoms with Gasteiger partial charge in [-0.05, 0) is 41.9 Å². The van der Waals surface area contributed by atoms with Gasteiger partial charge in [-0.1, -0.05) is 42.8 Å². The molecule has 1 saturated heterocycles. The quantitative estimate of drug-likeness (QED) is 0.855. The molecule has 2 aliphatic heterocycles. The average Bonchev–Trinajstić information content (AvgIpc) is 3.11. The Bertz CT molecular complexity index is 790. The van der Waals surface area contributed by atoms with Gasteiger partial charge in [-0.3, -0.25) is 0 Å². The van der Waals surface area contributed by atoms with Crippen LogP contribution in [0.25, 0.3) is 0 Å². The molecule has 2 aliphatic rings. The number of ether oxygens (including phenoxy) is 1. The maximum atomic E-state index is 5.99. The van der Waals surface area contributed by atoms with Gasteiger partial charge in [0.2, 0.25) is 0 Å². The number of hydrogen-bond donors (Lipinski definition) is 1. The topological polar surface area (TPSA) is 36.9 Å². The number of hydrazone groups is 1. The minimum Gasteiger partial charge on any atom is -0.489 e. The van der Waals surface area contributed by atoms with Gasteiger partial charge in [0.15, 0.2) is 0 Å². The Kier molecular flexibility index (Phi) is 5.14. The van der Waals surface area contributed by atoms with Crippen molar-refractivity contribution in [1.29, 1.82) is 0 Å². The summed E-state index contributed by atoms with van der Waals surface area (Å²) in [5.74, 6) is 1.34. The molecule has 2 unspecified atom stereocenters. The molecule has 5 heteroatoms. The summed E-state index contributed by atoms with van der Waals surface area (Å²) in [6, 6.07) is 16.4. The molecule has 0 radical (unpaired) electrons. The summed E-state index contributed by atoms with van der Waals surface area (Å²) in [5.41, 5.74) is 7.01. The fraction of sp³-hybridized carbons (Fsp3) is 0.381. The lowest BCUT2D eigenvalue weighted by molar-refractivity contribution is 0.238. The van der Waals surface area contributed by atoms with E-state index >= 15 is 0 Å². The molecule has 2 aromatic rings. The number of rotatable bonds is 5. The van der Waals surface area contributed by atoms with Crippen LogP contribution in [0.1, 0.15) is 30.5 Å². The van der Waals surface area contributed by atoms with Crippen molar-refractivity contribution in [1.82, 2.24) is 10.3 Å². The Morgan fingerprint density at radius 2 is 2.08 bits per heavy atom. The molecular weight excluding hydrogens is 346 g/mol. The molecule has 0 saturated carbocycles. The minimum absolute atomic E-state index is 0.235. The monoisotopic (exact) mass is 369 g/mol. The highest BCUT2D eigenvalue weighted by Crippen LogP contribution is 2.33. The highest BCUT2D eigenvalue weighted by atomic mass is 35.5. The SMILES string of the molecule is CCN1CCC2=NNC(c3cccc(OCc4ccc(Cl)cc4)c3)C2C1. The number of likely N-dealkylation sites (tertiary alicyclic amines) is 1. The van der Waals surface area contributed by atoms with E-state index in [1.54, 1.807) is 0 Å². The Morgan fingerprint density at radius 1 is 1.23 bits per heavy atom. The Morgan fingerprint density at radius 3 is 2.88 bits per heavy atom. The highest BCUT2D eigenvalue weighted by Gasteiger charge is 2.36. The second-order valence-corrected chi connectivity index (χ2v) is 7.38. The van der Waals surface area contributed by atoms with Gasteiger partial charge >= 0.3 is 0 Å². The highest BCUT2D eigenvalue weighted by molar-refractivity contribution is 6.30.